The van der Waals surface area contributed by atoms with E-state index in [-0.39, 0.29) is 5.92 Å². The Kier molecular flexibility index (Phi) is 6.25. The second-order valence-corrected chi connectivity index (χ2v) is 13.9. The Hall–Kier alpha value is -5.70. The molecule has 2 aromatic heterocycles. The van der Waals surface area contributed by atoms with Crippen LogP contribution in [0.25, 0.3) is 69.6 Å². The Labute approximate surface area is 283 Å². The maximum Gasteiger partial charge on any atom is 0.0634 e. The van der Waals surface area contributed by atoms with Gasteiger partial charge in [-0.2, -0.15) is 0 Å². The molecule has 1 aliphatic carbocycles. The lowest BCUT2D eigenvalue weighted by Crippen LogP contribution is -2.04. The van der Waals surface area contributed by atoms with Gasteiger partial charge in [-0.1, -0.05) is 146 Å². The van der Waals surface area contributed by atoms with E-state index in [2.05, 4.69) is 174 Å². The molecule has 1 unspecified atom stereocenters. The van der Waals surface area contributed by atoms with Crippen molar-refractivity contribution in [3.8, 4) is 5.69 Å². The Morgan fingerprint density at radius 2 is 1.15 bits per heavy atom. The highest BCUT2D eigenvalue weighted by Gasteiger charge is 2.23. The summed E-state index contributed by atoms with van der Waals surface area (Å²) in [5, 5.41) is 7.99. The maximum absolute atomic E-state index is 2.50. The topological polar surface area (TPSA) is 4.93 Å². The van der Waals surface area contributed by atoms with Crippen molar-refractivity contribution in [1.29, 1.82) is 0 Å². The summed E-state index contributed by atoms with van der Waals surface area (Å²) in [7, 11) is 0. The van der Waals surface area contributed by atoms with Crippen molar-refractivity contribution in [2.24, 2.45) is 0 Å². The number of para-hydroxylation sites is 1. The standard InChI is InChI=1S/C46H31NS/c1-3-13-30(14-4-1)33-27-34(31-15-5-2-6-16-31)29-35(28-33)32-23-25-36(26-24-32)47-41-21-11-9-19-39(41)44-45(47)38-18-8-7-17-37(38)43-40-20-10-12-22-42(40)48-46(43)44/h1-28,35H,29H2. The summed E-state index contributed by atoms with van der Waals surface area (Å²) in [5.41, 5.74) is 10.3. The molecule has 1 nitrogen and oxygen atoms in total. The van der Waals surface area contributed by atoms with Gasteiger partial charge in [-0.15, -0.1) is 11.3 Å². The fourth-order valence-electron chi connectivity index (χ4n) is 7.95. The number of benzene rings is 7. The van der Waals surface area contributed by atoms with Crippen LogP contribution in [0.2, 0.25) is 0 Å². The van der Waals surface area contributed by atoms with Crippen molar-refractivity contribution in [1.82, 2.24) is 4.57 Å². The van der Waals surface area contributed by atoms with Crippen molar-refractivity contribution in [3.63, 3.8) is 0 Å². The first-order valence-corrected chi connectivity index (χ1v) is 17.5. The lowest BCUT2D eigenvalue weighted by molar-refractivity contribution is 0.870. The van der Waals surface area contributed by atoms with Crippen LogP contribution in [0.3, 0.4) is 0 Å². The quantitative estimate of drug-likeness (QED) is 0.183. The van der Waals surface area contributed by atoms with Crippen LogP contribution >= 0.6 is 11.3 Å². The summed E-state index contributed by atoms with van der Waals surface area (Å²) in [6.45, 7) is 0. The van der Waals surface area contributed by atoms with Crippen LogP contribution in [-0.4, -0.2) is 4.57 Å². The molecule has 0 saturated heterocycles. The molecule has 1 aliphatic rings. The summed E-state index contributed by atoms with van der Waals surface area (Å²) in [6, 6.07) is 57.8. The largest absolute Gasteiger partial charge is 0.309 e. The van der Waals surface area contributed by atoms with Gasteiger partial charge in [-0.25, -0.2) is 0 Å². The molecule has 0 saturated carbocycles. The molecule has 0 N–H and O–H groups in total. The third-order valence-electron chi connectivity index (χ3n) is 10.1. The van der Waals surface area contributed by atoms with Gasteiger partial charge in [-0.05, 0) is 63.9 Å². The number of fused-ring (bicyclic) bond motifs is 10. The SMILES string of the molecule is C1=C(c2ccccc2)C=C(c2ccccc2)CC1c1ccc(-n2c3ccccc3c3c4sc5ccccc5c4c4ccccc4c32)cc1. The lowest BCUT2D eigenvalue weighted by Gasteiger charge is -2.23. The lowest BCUT2D eigenvalue weighted by atomic mass is 9.81. The predicted octanol–water partition coefficient (Wildman–Crippen LogP) is 13.0. The fraction of sp³-hybridized carbons (Fsp3) is 0.0435. The van der Waals surface area contributed by atoms with Gasteiger partial charge >= 0.3 is 0 Å². The Bertz CT molecular complexity index is 2720. The molecular formula is C46H31NS. The van der Waals surface area contributed by atoms with Crippen molar-refractivity contribution < 1.29 is 0 Å². The van der Waals surface area contributed by atoms with E-state index in [0.29, 0.717) is 0 Å². The summed E-state index contributed by atoms with van der Waals surface area (Å²) in [4.78, 5) is 0. The van der Waals surface area contributed by atoms with E-state index in [1.807, 2.05) is 11.3 Å². The van der Waals surface area contributed by atoms with Crippen LogP contribution in [0.15, 0.2) is 170 Å². The second-order valence-electron chi connectivity index (χ2n) is 12.8. The molecule has 0 aliphatic heterocycles. The molecule has 2 heterocycles. The highest BCUT2D eigenvalue weighted by atomic mass is 32.1. The molecular weight excluding hydrogens is 599 g/mol. The highest BCUT2D eigenvalue weighted by Crippen LogP contribution is 2.48. The van der Waals surface area contributed by atoms with Crippen LogP contribution in [0.4, 0.5) is 0 Å². The Morgan fingerprint density at radius 3 is 1.92 bits per heavy atom. The molecule has 0 bridgehead atoms. The zero-order valence-corrected chi connectivity index (χ0v) is 27.1. The summed E-state index contributed by atoms with van der Waals surface area (Å²) in [5.74, 6) is 0.284. The third-order valence-corrected chi connectivity index (χ3v) is 11.3. The average Bonchev–Trinajstić information content (AvgIpc) is 3.72. The predicted molar refractivity (Wildman–Crippen MR) is 207 cm³/mol. The van der Waals surface area contributed by atoms with Gasteiger partial charge in [0.15, 0.2) is 0 Å². The molecule has 7 aromatic carbocycles. The van der Waals surface area contributed by atoms with E-state index >= 15 is 0 Å². The van der Waals surface area contributed by atoms with Gasteiger partial charge in [0.25, 0.3) is 0 Å². The number of thiophene rings is 1. The van der Waals surface area contributed by atoms with Crippen molar-refractivity contribution in [3.05, 3.63) is 187 Å². The average molecular weight is 630 g/mol. The van der Waals surface area contributed by atoms with E-state index in [4.69, 9.17) is 0 Å². The van der Waals surface area contributed by atoms with Crippen molar-refractivity contribution in [2.45, 2.75) is 12.3 Å². The Morgan fingerprint density at radius 1 is 0.521 bits per heavy atom. The third kappa shape index (κ3) is 4.23. The molecule has 0 fully saturated rings. The first kappa shape index (κ1) is 27.4. The van der Waals surface area contributed by atoms with Crippen molar-refractivity contribution in [2.75, 3.05) is 0 Å². The molecule has 10 rings (SSSR count). The number of nitrogens with zero attached hydrogens (tertiary/aromatic N) is 1. The van der Waals surface area contributed by atoms with Crippen molar-refractivity contribution >= 4 is 75.2 Å². The molecule has 48 heavy (non-hydrogen) atoms. The van der Waals surface area contributed by atoms with Gasteiger partial charge < -0.3 is 4.57 Å². The maximum atomic E-state index is 2.50. The molecule has 0 radical (unpaired) electrons. The van der Waals surface area contributed by atoms with Gasteiger partial charge in [0.2, 0.25) is 0 Å². The summed E-state index contributed by atoms with van der Waals surface area (Å²) < 4.78 is 5.21. The van der Waals surface area contributed by atoms with Crippen LogP contribution in [0.5, 0.6) is 0 Å². The molecule has 1 atom stereocenters. The van der Waals surface area contributed by atoms with Crippen LogP contribution in [-0.2, 0) is 0 Å². The monoisotopic (exact) mass is 629 g/mol. The minimum atomic E-state index is 0.284. The van der Waals surface area contributed by atoms with Gasteiger partial charge in [0.05, 0.1) is 11.0 Å². The van der Waals surface area contributed by atoms with Gasteiger partial charge in [0, 0.05) is 47.9 Å². The molecule has 2 heteroatoms. The molecule has 0 amide bonds. The zero-order valence-electron chi connectivity index (χ0n) is 26.3. The smallest absolute Gasteiger partial charge is 0.0634 e. The van der Waals surface area contributed by atoms with Crippen LogP contribution in [0.1, 0.15) is 29.0 Å². The minimum Gasteiger partial charge on any atom is -0.309 e. The minimum absolute atomic E-state index is 0.284. The van der Waals surface area contributed by atoms with E-state index in [1.165, 1.54) is 86.3 Å². The molecule has 0 spiro atoms. The van der Waals surface area contributed by atoms with E-state index in [9.17, 15) is 0 Å². The Balaban J connectivity index is 1.16. The number of hydrogen-bond donors (Lipinski definition) is 0. The molecule has 9 aromatic rings. The zero-order chi connectivity index (χ0) is 31.6. The molecule has 226 valence electrons. The first-order chi connectivity index (χ1) is 23.8. The number of rotatable bonds is 4. The number of aromatic nitrogens is 1. The first-order valence-electron chi connectivity index (χ1n) is 16.7. The summed E-state index contributed by atoms with van der Waals surface area (Å²) >= 11 is 1.92. The fourth-order valence-corrected chi connectivity index (χ4v) is 9.22. The van der Waals surface area contributed by atoms with Crippen LogP contribution < -0.4 is 0 Å². The van der Waals surface area contributed by atoms with E-state index in [0.717, 1.165) is 6.42 Å². The normalized spacial score (nSPS) is 15.0. The van der Waals surface area contributed by atoms with E-state index < -0.39 is 0 Å². The summed E-state index contributed by atoms with van der Waals surface area (Å²) in [6.07, 6.45) is 5.82. The number of allylic oxidation sites excluding steroid dienone is 4. The van der Waals surface area contributed by atoms with Crippen LogP contribution in [0, 0.1) is 0 Å². The van der Waals surface area contributed by atoms with E-state index in [1.54, 1.807) is 0 Å². The second kappa shape index (κ2) is 10.9. The highest BCUT2D eigenvalue weighted by molar-refractivity contribution is 7.27. The number of hydrogen-bond acceptors (Lipinski definition) is 1. The van der Waals surface area contributed by atoms with Gasteiger partial charge in [-0.3, -0.25) is 0 Å². The van der Waals surface area contributed by atoms with Gasteiger partial charge in [0.1, 0.15) is 0 Å².